The maximum absolute atomic E-state index is 12.4. The average molecular weight is 981 g/mol. The van der Waals surface area contributed by atoms with Gasteiger partial charge in [0.15, 0.2) is 5.78 Å². The van der Waals surface area contributed by atoms with Gasteiger partial charge in [0.2, 0.25) is 17.7 Å². The van der Waals surface area contributed by atoms with Crippen molar-refractivity contribution in [2.24, 2.45) is 5.92 Å². The van der Waals surface area contributed by atoms with Crippen molar-refractivity contribution >= 4 is 63.1 Å². The van der Waals surface area contributed by atoms with Gasteiger partial charge < -0.3 is 50.2 Å². The van der Waals surface area contributed by atoms with Crippen LogP contribution in [-0.2, 0) is 57.3 Å². The number of amides is 3. The van der Waals surface area contributed by atoms with Gasteiger partial charge in [0, 0.05) is 51.8 Å². The molecule has 6 N–H and O–H groups in total. The van der Waals surface area contributed by atoms with Crippen molar-refractivity contribution in [2.75, 3.05) is 71.3 Å². The van der Waals surface area contributed by atoms with E-state index in [1.807, 2.05) is 0 Å². The molecule has 0 aliphatic heterocycles. The van der Waals surface area contributed by atoms with Gasteiger partial charge in [-0.3, -0.25) is 33.6 Å². The summed E-state index contributed by atoms with van der Waals surface area (Å²) in [7, 11) is 0. The number of hydrogen-bond donors (Lipinski definition) is 6. The molecule has 64 heavy (non-hydrogen) atoms. The number of rotatable bonds is 48. The predicted octanol–water partition coefficient (Wildman–Crippen LogP) is 5.54. The monoisotopic (exact) mass is 979 g/mol. The fourth-order valence-corrected chi connectivity index (χ4v) is 6.74. The molecule has 19 heteroatoms. The van der Waals surface area contributed by atoms with Crippen LogP contribution in [0.1, 0.15) is 154 Å². The maximum atomic E-state index is 12.4. The molecule has 0 aromatic heterocycles. The minimum absolute atomic E-state index is 0.0114. The van der Waals surface area contributed by atoms with Crippen LogP contribution in [0.25, 0.3) is 0 Å². The highest BCUT2D eigenvalue weighted by atomic mass is 79.9. The van der Waals surface area contributed by atoms with E-state index in [-0.39, 0.29) is 120 Å². The lowest BCUT2D eigenvalue weighted by atomic mass is 9.94. The summed E-state index contributed by atoms with van der Waals surface area (Å²) in [4.78, 5) is 93.7. The highest BCUT2D eigenvalue weighted by Gasteiger charge is 2.22. The third kappa shape index (κ3) is 41.2. The summed E-state index contributed by atoms with van der Waals surface area (Å²) in [5, 5.41) is 35.5. The fourth-order valence-electron chi connectivity index (χ4n) is 6.54. The number of halogens is 1. The zero-order valence-corrected chi connectivity index (χ0v) is 39.6. The molecule has 0 rings (SSSR count). The number of ketones is 2. The second-order valence-electron chi connectivity index (χ2n) is 15.9. The van der Waals surface area contributed by atoms with Gasteiger partial charge in [0.1, 0.15) is 25.0 Å². The normalized spacial score (nSPS) is 12.0. The van der Waals surface area contributed by atoms with E-state index in [9.17, 15) is 48.6 Å². The van der Waals surface area contributed by atoms with Crippen LogP contribution < -0.4 is 16.0 Å². The number of carbonyl (C=O) groups excluding carboxylic acids is 5. The summed E-state index contributed by atoms with van der Waals surface area (Å²) in [5.74, 6) is -5.09. The Morgan fingerprint density at radius 2 is 0.953 bits per heavy atom. The van der Waals surface area contributed by atoms with Crippen LogP contribution >= 0.6 is 15.9 Å². The Morgan fingerprint density at radius 3 is 1.52 bits per heavy atom. The second kappa shape index (κ2) is 43.4. The SMILES string of the molecule is O=C(O)CCCCCCCCCCCCCCCCC(=O)CC(CCC(=O)NCCOCCOCC(=O)CCCOCCOCC(=O)N[C@@H](CCCCNC(=O)CBr)C(=O)O)C(=O)O. The van der Waals surface area contributed by atoms with Crippen molar-refractivity contribution in [3.05, 3.63) is 0 Å². The lowest BCUT2D eigenvalue weighted by Crippen LogP contribution is -2.42. The van der Waals surface area contributed by atoms with E-state index in [1.54, 1.807) is 0 Å². The van der Waals surface area contributed by atoms with Gasteiger partial charge in [0.05, 0.1) is 44.3 Å². The summed E-state index contributed by atoms with van der Waals surface area (Å²) >= 11 is 3.04. The molecule has 0 heterocycles. The van der Waals surface area contributed by atoms with Gasteiger partial charge in [-0.2, -0.15) is 0 Å². The lowest BCUT2D eigenvalue weighted by Gasteiger charge is -2.14. The number of unbranched alkanes of at least 4 members (excludes halogenated alkanes) is 14. The summed E-state index contributed by atoms with van der Waals surface area (Å²) in [5.41, 5.74) is 0. The van der Waals surface area contributed by atoms with Gasteiger partial charge in [-0.1, -0.05) is 93.0 Å². The summed E-state index contributed by atoms with van der Waals surface area (Å²) < 4.78 is 21.4. The molecule has 0 radical (unpaired) electrons. The van der Waals surface area contributed by atoms with E-state index in [1.165, 1.54) is 44.9 Å². The lowest BCUT2D eigenvalue weighted by molar-refractivity contribution is -0.144. The number of ether oxygens (including phenoxy) is 4. The number of nitrogens with one attached hydrogen (secondary N) is 3. The number of alkyl halides is 1. The molecule has 0 fully saturated rings. The van der Waals surface area contributed by atoms with Crippen LogP contribution in [0, 0.1) is 5.92 Å². The number of carbonyl (C=O) groups is 8. The predicted molar refractivity (Wildman–Crippen MR) is 242 cm³/mol. The van der Waals surface area contributed by atoms with Gasteiger partial charge in [-0.15, -0.1) is 0 Å². The molecule has 370 valence electrons. The number of aliphatic carboxylic acids is 3. The van der Waals surface area contributed by atoms with Gasteiger partial charge in [-0.25, -0.2) is 4.79 Å². The molecule has 18 nitrogen and oxygen atoms in total. The zero-order valence-electron chi connectivity index (χ0n) is 38.0. The standard InChI is InChI=1S/C45H78BrN3O15/c46-33-41(53)47-24-16-15-20-39(45(59)60)49-42(54)35-64-31-28-61-26-17-19-38(51)34-63-30-29-62-27-25-48-40(52)23-22-36(44(57)58)32-37(50)18-13-11-9-7-5-3-1-2-4-6-8-10-12-14-21-43(55)56/h36,39H,1-35H2,(H,47,53)(H,48,52)(H,49,54)(H,55,56)(H,57,58)(H,59,60)/t36?,39-/m0/s1. The molecule has 0 bridgehead atoms. The third-order valence-electron chi connectivity index (χ3n) is 10.2. The van der Waals surface area contributed by atoms with E-state index >= 15 is 0 Å². The minimum atomic E-state index is -1.15. The molecule has 2 atom stereocenters. The quantitative estimate of drug-likeness (QED) is 0.0323. The summed E-state index contributed by atoms with van der Waals surface area (Å²) in [6.07, 6.45) is 17.8. The first-order valence-electron chi connectivity index (χ1n) is 23.3. The van der Waals surface area contributed by atoms with E-state index in [2.05, 4.69) is 31.9 Å². The molecular formula is C45H78BrN3O15. The number of hydrogen-bond acceptors (Lipinski definition) is 12. The minimum Gasteiger partial charge on any atom is -0.481 e. The highest BCUT2D eigenvalue weighted by Crippen LogP contribution is 2.17. The van der Waals surface area contributed by atoms with Crippen LogP contribution in [0.5, 0.6) is 0 Å². The van der Waals surface area contributed by atoms with Crippen molar-refractivity contribution in [1.29, 1.82) is 0 Å². The molecule has 0 aromatic carbocycles. The number of Topliss-reactive ketones (excluding diaryl/α,β-unsaturated/α-hetero) is 2. The molecule has 0 saturated carbocycles. The van der Waals surface area contributed by atoms with Gasteiger partial charge in [0.25, 0.3) is 0 Å². The molecule has 3 amide bonds. The van der Waals surface area contributed by atoms with Gasteiger partial charge in [-0.05, 0) is 44.9 Å². The summed E-state index contributed by atoms with van der Waals surface area (Å²) in [6.45, 7) is 1.44. The number of carboxylic acid groups (broad SMARTS) is 3. The molecular weight excluding hydrogens is 902 g/mol. The Labute approximate surface area is 387 Å². The van der Waals surface area contributed by atoms with E-state index in [0.717, 1.165) is 44.9 Å². The Morgan fingerprint density at radius 1 is 0.438 bits per heavy atom. The van der Waals surface area contributed by atoms with Crippen molar-refractivity contribution < 1.29 is 72.6 Å². The highest BCUT2D eigenvalue weighted by molar-refractivity contribution is 9.09. The largest absolute Gasteiger partial charge is 0.481 e. The Bertz CT molecular complexity index is 1310. The van der Waals surface area contributed by atoms with Gasteiger partial charge >= 0.3 is 17.9 Å². The Kier molecular flexibility index (Phi) is 41.0. The van der Waals surface area contributed by atoms with Crippen molar-refractivity contribution in [3.63, 3.8) is 0 Å². The molecule has 0 spiro atoms. The van der Waals surface area contributed by atoms with Crippen LogP contribution in [0.15, 0.2) is 0 Å². The van der Waals surface area contributed by atoms with Crippen LogP contribution in [0.4, 0.5) is 0 Å². The smallest absolute Gasteiger partial charge is 0.326 e. The number of carboxylic acids is 3. The zero-order chi connectivity index (χ0) is 47.5. The van der Waals surface area contributed by atoms with Crippen molar-refractivity contribution in [1.82, 2.24) is 16.0 Å². The maximum Gasteiger partial charge on any atom is 0.326 e. The van der Waals surface area contributed by atoms with Crippen LogP contribution in [0.2, 0.25) is 0 Å². The molecule has 1 unspecified atom stereocenters. The van der Waals surface area contributed by atoms with Crippen LogP contribution in [-0.4, -0.2) is 140 Å². The van der Waals surface area contributed by atoms with E-state index in [4.69, 9.17) is 24.1 Å². The second-order valence-corrected chi connectivity index (χ2v) is 16.5. The molecule has 0 aliphatic carbocycles. The van der Waals surface area contributed by atoms with E-state index in [0.29, 0.717) is 38.8 Å². The van der Waals surface area contributed by atoms with Crippen LogP contribution in [0.3, 0.4) is 0 Å². The average Bonchev–Trinajstić information content (AvgIpc) is 3.25. The molecule has 0 saturated heterocycles. The molecule has 0 aromatic rings. The topological polar surface area (TPSA) is 270 Å². The Balaban J connectivity index is 3.74. The fraction of sp³-hybridized carbons (Fsp3) is 0.822. The first-order chi connectivity index (χ1) is 30.8. The van der Waals surface area contributed by atoms with Crippen molar-refractivity contribution in [3.8, 4) is 0 Å². The Hall–Kier alpha value is -3.52. The third-order valence-corrected chi connectivity index (χ3v) is 10.7. The van der Waals surface area contributed by atoms with Crippen molar-refractivity contribution in [2.45, 2.75) is 160 Å². The molecule has 0 aliphatic rings. The first kappa shape index (κ1) is 60.5. The van der Waals surface area contributed by atoms with E-state index < -0.39 is 35.8 Å². The first-order valence-corrected chi connectivity index (χ1v) is 24.4. The summed E-state index contributed by atoms with van der Waals surface area (Å²) in [6, 6.07) is -1.06.